The van der Waals surface area contributed by atoms with Crippen LogP contribution in [-0.4, -0.2) is 51.6 Å². The summed E-state index contributed by atoms with van der Waals surface area (Å²) >= 11 is 0.831. The van der Waals surface area contributed by atoms with E-state index in [1.54, 1.807) is 23.1 Å². The lowest BCUT2D eigenvalue weighted by Gasteiger charge is -2.18. The molecule has 0 spiro atoms. The molecule has 3 rings (SSSR count). The van der Waals surface area contributed by atoms with Crippen LogP contribution >= 0.6 is 11.8 Å². The number of phenolic OH excluding ortho intramolecular Hbond substituents is 1. The number of amides is 3. The maximum absolute atomic E-state index is 12.3. The highest BCUT2D eigenvalue weighted by Crippen LogP contribution is 2.32. The van der Waals surface area contributed by atoms with Crippen molar-refractivity contribution in [2.45, 2.75) is 12.8 Å². The maximum atomic E-state index is 12.3. The average molecular weight is 332 g/mol. The summed E-state index contributed by atoms with van der Waals surface area (Å²) in [6, 6.07) is 6.32. The molecule has 1 aromatic rings. The second kappa shape index (κ2) is 6.45. The van der Waals surface area contributed by atoms with Gasteiger partial charge in [0.1, 0.15) is 12.3 Å². The Hall–Kier alpha value is -2.28. The molecule has 0 unspecified atom stereocenters. The van der Waals surface area contributed by atoms with Crippen molar-refractivity contribution < 1.29 is 19.5 Å². The number of hydrogen-bond donors (Lipinski definition) is 1. The zero-order chi connectivity index (χ0) is 16.4. The molecule has 1 N–H and O–H groups in total. The number of imide groups is 1. The van der Waals surface area contributed by atoms with Gasteiger partial charge in [-0.25, -0.2) is 0 Å². The number of carbonyl (C=O) groups excluding carboxylic acids is 3. The van der Waals surface area contributed by atoms with Crippen LogP contribution in [0.25, 0.3) is 6.08 Å². The first-order chi connectivity index (χ1) is 11.0. The Bertz CT molecular complexity index is 678. The fraction of sp³-hybridized carbons (Fsp3) is 0.312. The monoisotopic (exact) mass is 332 g/mol. The van der Waals surface area contributed by atoms with Gasteiger partial charge >= 0.3 is 0 Å². The number of phenols is 1. The molecule has 2 saturated heterocycles. The van der Waals surface area contributed by atoms with Crippen LogP contribution in [0.15, 0.2) is 29.2 Å². The third-order valence-electron chi connectivity index (χ3n) is 3.82. The minimum Gasteiger partial charge on any atom is -0.508 e. The number of hydrogen-bond acceptors (Lipinski definition) is 5. The summed E-state index contributed by atoms with van der Waals surface area (Å²) in [5.41, 5.74) is 0.708. The van der Waals surface area contributed by atoms with Crippen LogP contribution in [-0.2, 0) is 9.59 Å². The van der Waals surface area contributed by atoms with E-state index in [2.05, 4.69) is 0 Å². The van der Waals surface area contributed by atoms with Crippen LogP contribution in [0.3, 0.4) is 0 Å². The normalized spacial score (nSPS) is 19.9. The predicted octanol–water partition coefficient (Wildman–Crippen LogP) is 2.05. The van der Waals surface area contributed by atoms with Gasteiger partial charge in [0.25, 0.3) is 11.1 Å². The summed E-state index contributed by atoms with van der Waals surface area (Å²) in [4.78, 5) is 39.4. The predicted molar refractivity (Wildman–Crippen MR) is 86.6 cm³/mol. The van der Waals surface area contributed by atoms with Crippen LogP contribution in [0.4, 0.5) is 4.79 Å². The van der Waals surface area contributed by atoms with Crippen molar-refractivity contribution in [3.05, 3.63) is 34.7 Å². The highest BCUT2D eigenvalue weighted by Gasteiger charge is 2.37. The van der Waals surface area contributed by atoms with E-state index in [1.165, 1.54) is 12.1 Å². The molecule has 2 aliphatic rings. The van der Waals surface area contributed by atoms with Gasteiger partial charge in [0.05, 0.1) is 4.91 Å². The zero-order valence-electron chi connectivity index (χ0n) is 12.4. The fourth-order valence-corrected chi connectivity index (χ4v) is 3.40. The van der Waals surface area contributed by atoms with E-state index in [1.807, 2.05) is 0 Å². The van der Waals surface area contributed by atoms with Gasteiger partial charge in [0.15, 0.2) is 0 Å². The molecular weight excluding hydrogens is 316 g/mol. The van der Waals surface area contributed by atoms with E-state index in [-0.39, 0.29) is 23.1 Å². The van der Waals surface area contributed by atoms with Gasteiger partial charge in [-0.2, -0.15) is 0 Å². The third kappa shape index (κ3) is 3.39. The van der Waals surface area contributed by atoms with Crippen LogP contribution < -0.4 is 0 Å². The molecule has 3 amide bonds. The van der Waals surface area contributed by atoms with Crippen molar-refractivity contribution in [1.29, 1.82) is 0 Å². The molecule has 7 heteroatoms. The van der Waals surface area contributed by atoms with Crippen molar-refractivity contribution in [2.24, 2.45) is 0 Å². The topological polar surface area (TPSA) is 77.9 Å². The van der Waals surface area contributed by atoms with Gasteiger partial charge < -0.3 is 10.0 Å². The Kier molecular flexibility index (Phi) is 4.38. The number of nitrogens with zero attached hydrogens (tertiary/aromatic N) is 2. The van der Waals surface area contributed by atoms with Gasteiger partial charge in [0.2, 0.25) is 5.91 Å². The lowest BCUT2D eigenvalue weighted by atomic mass is 10.2. The summed E-state index contributed by atoms with van der Waals surface area (Å²) in [5, 5.41) is 8.84. The van der Waals surface area contributed by atoms with Crippen LogP contribution in [0.1, 0.15) is 18.4 Å². The van der Waals surface area contributed by atoms with Crippen molar-refractivity contribution >= 4 is 34.9 Å². The highest BCUT2D eigenvalue weighted by atomic mass is 32.2. The molecule has 120 valence electrons. The van der Waals surface area contributed by atoms with E-state index < -0.39 is 11.1 Å². The first kappa shape index (κ1) is 15.6. The summed E-state index contributed by atoms with van der Waals surface area (Å²) in [5.74, 6) is -0.497. The quantitative estimate of drug-likeness (QED) is 0.857. The molecule has 1 aromatic carbocycles. The molecule has 0 atom stereocenters. The van der Waals surface area contributed by atoms with Crippen molar-refractivity contribution in [3.8, 4) is 5.75 Å². The number of benzene rings is 1. The number of likely N-dealkylation sites (tertiary alicyclic amines) is 1. The standard InChI is InChI=1S/C16H16N2O4S/c19-12-5-3-11(4-6-12)9-13-15(21)18(16(22)23-13)10-14(20)17-7-1-2-8-17/h3-6,9,19H,1-2,7-8,10H2/b13-9-. The first-order valence-corrected chi connectivity index (χ1v) is 8.18. The Morgan fingerprint density at radius 3 is 2.48 bits per heavy atom. The van der Waals surface area contributed by atoms with E-state index in [0.717, 1.165) is 29.5 Å². The van der Waals surface area contributed by atoms with Crippen molar-refractivity contribution in [3.63, 3.8) is 0 Å². The van der Waals surface area contributed by atoms with E-state index in [0.29, 0.717) is 18.7 Å². The highest BCUT2D eigenvalue weighted by molar-refractivity contribution is 8.18. The molecule has 2 fully saturated rings. The molecule has 2 heterocycles. The smallest absolute Gasteiger partial charge is 0.294 e. The van der Waals surface area contributed by atoms with Gasteiger partial charge in [-0.05, 0) is 48.4 Å². The molecule has 23 heavy (non-hydrogen) atoms. The molecule has 2 aliphatic heterocycles. The second-order valence-corrected chi connectivity index (χ2v) is 6.44. The van der Waals surface area contributed by atoms with Crippen LogP contribution in [0, 0.1) is 0 Å². The molecule has 0 radical (unpaired) electrons. The van der Waals surface area contributed by atoms with Crippen molar-refractivity contribution in [2.75, 3.05) is 19.6 Å². The Balaban J connectivity index is 1.71. The first-order valence-electron chi connectivity index (χ1n) is 7.37. The molecule has 0 aliphatic carbocycles. The Morgan fingerprint density at radius 1 is 1.17 bits per heavy atom. The number of aromatic hydroxyl groups is 1. The molecule has 0 saturated carbocycles. The molecule has 6 nitrogen and oxygen atoms in total. The molecule has 0 aromatic heterocycles. The maximum Gasteiger partial charge on any atom is 0.294 e. The zero-order valence-corrected chi connectivity index (χ0v) is 13.2. The lowest BCUT2D eigenvalue weighted by molar-refractivity contribution is -0.135. The lowest BCUT2D eigenvalue weighted by Crippen LogP contribution is -2.40. The minimum atomic E-state index is -0.444. The number of rotatable bonds is 3. The number of carbonyl (C=O) groups is 3. The number of thioether (sulfide) groups is 1. The Labute approximate surface area is 137 Å². The summed E-state index contributed by atoms with van der Waals surface area (Å²) in [6.45, 7) is 1.19. The average Bonchev–Trinajstić information content (AvgIpc) is 3.14. The van der Waals surface area contributed by atoms with E-state index in [4.69, 9.17) is 0 Å². The summed E-state index contributed by atoms with van der Waals surface area (Å²) in [6.07, 6.45) is 3.52. The summed E-state index contributed by atoms with van der Waals surface area (Å²) < 4.78 is 0. The third-order valence-corrected chi connectivity index (χ3v) is 4.72. The minimum absolute atomic E-state index is 0.131. The van der Waals surface area contributed by atoms with E-state index >= 15 is 0 Å². The summed E-state index contributed by atoms with van der Waals surface area (Å²) in [7, 11) is 0. The van der Waals surface area contributed by atoms with Gasteiger partial charge in [0, 0.05) is 13.1 Å². The Morgan fingerprint density at radius 2 is 1.83 bits per heavy atom. The second-order valence-electron chi connectivity index (χ2n) is 5.45. The largest absolute Gasteiger partial charge is 0.508 e. The molecule has 0 bridgehead atoms. The van der Waals surface area contributed by atoms with Gasteiger partial charge in [-0.1, -0.05) is 12.1 Å². The van der Waals surface area contributed by atoms with Crippen LogP contribution in [0.2, 0.25) is 0 Å². The fourth-order valence-electron chi connectivity index (χ4n) is 2.56. The van der Waals surface area contributed by atoms with Gasteiger partial charge in [-0.15, -0.1) is 0 Å². The van der Waals surface area contributed by atoms with E-state index in [9.17, 15) is 19.5 Å². The SMILES string of the molecule is O=C(CN1C(=O)S/C(=C\c2ccc(O)cc2)C1=O)N1CCCC1. The van der Waals surface area contributed by atoms with Crippen molar-refractivity contribution in [1.82, 2.24) is 9.80 Å². The van der Waals surface area contributed by atoms with Crippen LogP contribution in [0.5, 0.6) is 5.75 Å². The van der Waals surface area contributed by atoms with Gasteiger partial charge in [-0.3, -0.25) is 19.3 Å². The molecular formula is C16H16N2O4S.